The summed E-state index contributed by atoms with van der Waals surface area (Å²) in [7, 11) is 0. The fourth-order valence-electron chi connectivity index (χ4n) is 3.30. The SMILES string of the molecule is CC1=CSC(=CC=Cc2scc(C)[n+]2Cc2ccccc2)N1Cc1ccccc1.[Br-]. The third-order valence-electron chi connectivity index (χ3n) is 4.93. The van der Waals surface area contributed by atoms with Crippen molar-refractivity contribution in [3.8, 4) is 0 Å². The van der Waals surface area contributed by atoms with Gasteiger partial charge in [-0.3, -0.25) is 0 Å². The van der Waals surface area contributed by atoms with Crippen LogP contribution in [-0.4, -0.2) is 4.90 Å². The molecule has 0 fully saturated rings. The molecule has 0 unspecified atom stereocenters. The summed E-state index contributed by atoms with van der Waals surface area (Å²) >= 11 is 3.59. The van der Waals surface area contributed by atoms with E-state index in [4.69, 9.17) is 0 Å². The minimum Gasteiger partial charge on any atom is -1.00 e. The molecule has 30 heavy (non-hydrogen) atoms. The molecule has 1 aromatic heterocycles. The van der Waals surface area contributed by atoms with E-state index in [-0.39, 0.29) is 17.0 Å². The molecular formula is C25H25BrN2S2. The number of hydrogen-bond acceptors (Lipinski definition) is 3. The second-order valence-corrected chi connectivity index (χ2v) is 8.88. The average Bonchev–Trinajstić information content (AvgIpc) is 3.27. The standard InChI is InChI=1S/C25H25N2S2.BrH/c1-20-18-28-24(26(20)16-22-10-5-3-6-11-22)14-9-15-25-27(21(2)19-29-25)17-23-12-7-4-8-13-23;/h3-15,18-19H,16-17H2,1-2H3;1H/q+1;/p-1. The summed E-state index contributed by atoms with van der Waals surface area (Å²) in [6.45, 7) is 6.16. The molecule has 4 rings (SSSR count). The summed E-state index contributed by atoms with van der Waals surface area (Å²) in [6.07, 6.45) is 6.63. The molecule has 154 valence electrons. The van der Waals surface area contributed by atoms with Crippen molar-refractivity contribution < 1.29 is 21.5 Å². The zero-order valence-electron chi connectivity index (χ0n) is 17.2. The van der Waals surface area contributed by atoms with Gasteiger partial charge in [0, 0.05) is 30.8 Å². The molecule has 1 aliphatic heterocycles. The number of thioether (sulfide) groups is 1. The Hall–Kier alpha value is -2.08. The first-order valence-corrected chi connectivity index (χ1v) is 11.5. The molecule has 5 heteroatoms. The smallest absolute Gasteiger partial charge is 0.262 e. The maximum absolute atomic E-state index is 2.38. The summed E-state index contributed by atoms with van der Waals surface area (Å²) < 4.78 is 2.38. The Morgan fingerprint density at radius 3 is 2.30 bits per heavy atom. The molecule has 2 heterocycles. The summed E-state index contributed by atoms with van der Waals surface area (Å²) in [5, 5.41) is 7.00. The Morgan fingerprint density at radius 2 is 1.60 bits per heavy atom. The van der Waals surface area contributed by atoms with Crippen LogP contribution in [0.15, 0.2) is 94.3 Å². The van der Waals surface area contributed by atoms with E-state index in [9.17, 15) is 0 Å². The van der Waals surface area contributed by atoms with Crippen LogP contribution in [0.25, 0.3) is 6.08 Å². The first-order chi connectivity index (χ1) is 14.2. The number of nitrogens with zero attached hydrogens (tertiary/aromatic N) is 2. The molecular weight excluding hydrogens is 472 g/mol. The van der Waals surface area contributed by atoms with Crippen LogP contribution in [0.3, 0.4) is 0 Å². The summed E-state index contributed by atoms with van der Waals surface area (Å²) in [6, 6.07) is 21.3. The molecule has 0 saturated carbocycles. The van der Waals surface area contributed by atoms with Crippen molar-refractivity contribution in [3.63, 3.8) is 0 Å². The third kappa shape index (κ3) is 5.54. The van der Waals surface area contributed by atoms with Crippen molar-refractivity contribution >= 4 is 29.2 Å². The molecule has 0 radical (unpaired) electrons. The molecule has 3 aromatic rings. The summed E-state index contributed by atoms with van der Waals surface area (Å²) in [4.78, 5) is 2.38. The Balaban J connectivity index is 0.00000256. The molecule has 0 atom stereocenters. The summed E-state index contributed by atoms with van der Waals surface area (Å²) in [5.41, 5.74) is 5.24. The first kappa shape index (κ1) is 22.6. The number of aromatic nitrogens is 1. The van der Waals surface area contributed by atoms with Crippen LogP contribution in [0.5, 0.6) is 0 Å². The van der Waals surface area contributed by atoms with Crippen molar-refractivity contribution in [1.29, 1.82) is 0 Å². The first-order valence-electron chi connectivity index (χ1n) is 9.76. The fourth-order valence-corrected chi connectivity index (χ4v) is 5.12. The number of aryl methyl sites for hydroxylation is 1. The zero-order valence-corrected chi connectivity index (χ0v) is 20.4. The van der Waals surface area contributed by atoms with Gasteiger partial charge >= 0.3 is 0 Å². The van der Waals surface area contributed by atoms with E-state index in [1.807, 2.05) is 0 Å². The van der Waals surface area contributed by atoms with Crippen LogP contribution in [0.4, 0.5) is 0 Å². The maximum atomic E-state index is 2.38. The number of rotatable bonds is 6. The molecule has 0 saturated heterocycles. The predicted octanol–water partition coefficient (Wildman–Crippen LogP) is 3.36. The number of hydrogen-bond donors (Lipinski definition) is 0. The van der Waals surface area contributed by atoms with Gasteiger partial charge in [-0.2, -0.15) is 4.57 Å². The van der Waals surface area contributed by atoms with E-state index in [1.165, 1.54) is 32.6 Å². The maximum Gasteiger partial charge on any atom is 0.262 e. The Kier molecular flexibility index (Phi) is 8.14. The minimum absolute atomic E-state index is 0. The monoisotopic (exact) mass is 496 g/mol. The Morgan fingerprint density at radius 1 is 0.933 bits per heavy atom. The van der Waals surface area contributed by atoms with Crippen molar-refractivity contribution in [2.45, 2.75) is 26.9 Å². The zero-order chi connectivity index (χ0) is 20.1. The highest BCUT2D eigenvalue weighted by atomic mass is 79.9. The highest BCUT2D eigenvalue weighted by Gasteiger charge is 2.18. The van der Waals surface area contributed by atoms with Crippen molar-refractivity contribution in [3.05, 3.63) is 116 Å². The van der Waals surface area contributed by atoms with Gasteiger partial charge in [0.2, 0.25) is 0 Å². The second-order valence-electron chi connectivity index (χ2n) is 7.10. The molecule has 2 nitrogen and oxygen atoms in total. The highest BCUT2D eigenvalue weighted by molar-refractivity contribution is 8.06. The van der Waals surface area contributed by atoms with Gasteiger partial charge in [0.25, 0.3) is 5.01 Å². The minimum atomic E-state index is 0. The lowest BCUT2D eigenvalue weighted by molar-refractivity contribution is -0.691. The number of thiazole rings is 1. The molecule has 0 aliphatic carbocycles. The van der Waals surface area contributed by atoms with Crippen LogP contribution in [-0.2, 0) is 13.1 Å². The van der Waals surface area contributed by atoms with Crippen LogP contribution in [0.1, 0.15) is 28.8 Å². The number of benzene rings is 2. The van der Waals surface area contributed by atoms with E-state index in [2.05, 4.69) is 113 Å². The number of halogens is 1. The van der Waals surface area contributed by atoms with Crippen LogP contribution in [0.2, 0.25) is 0 Å². The van der Waals surface area contributed by atoms with Gasteiger partial charge in [-0.05, 0) is 24.0 Å². The molecule has 0 spiro atoms. The molecule has 0 bridgehead atoms. The normalized spacial score (nSPS) is 14.9. The van der Waals surface area contributed by atoms with Gasteiger partial charge in [-0.15, -0.1) is 0 Å². The third-order valence-corrected chi connectivity index (χ3v) is 7.04. The van der Waals surface area contributed by atoms with Gasteiger partial charge in [0.1, 0.15) is 0 Å². The number of allylic oxidation sites excluding steroid dienone is 3. The van der Waals surface area contributed by atoms with Crippen molar-refractivity contribution in [2.75, 3.05) is 0 Å². The lowest BCUT2D eigenvalue weighted by atomic mass is 10.2. The van der Waals surface area contributed by atoms with Crippen LogP contribution >= 0.6 is 23.1 Å². The van der Waals surface area contributed by atoms with Gasteiger partial charge in [0.05, 0.1) is 10.4 Å². The van der Waals surface area contributed by atoms with E-state index in [1.54, 1.807) is 23.1 Å². The van der Waals surface area contributed by atoms with E-state index >= 15 is 0 Å². The largest absolute Gasteiger partial charge is 1.00 e. The fraction of sp³-hybridized carbons (Fsp3) is 0.160. The lowest BCUT2D eigenvalue weighted by Gasteiger charge is -2.21. The lowest BCUT2D eigenvalue weighted by Crippen LogP contribution is -3.00. The molecule has 2 aromatic carbocycles. The van der Waals surface area contributed by atoms with Gasteiger partial charge in [-0.25, -0.2) is 0 Å². The van der Waals surface area contributed by atoms with Gasteiger partial charge < -0.3 is 21.9 Å². The van der Waals surface area contributed by atoms with Gasteiger partial charge in [0.15, 0.2) is 12.2 Å². The van der Waals surface area contributed by atoms with Crippen molar-refractivity contribution in [1.82, 2.24) is 4.90 Å². The predicted molar refractivity (Wildman–Crippen MR) is 125 cm³/mol. The Labute approximate surface area is 198 Å². The van der Waals surface area contributed by atoms with Crippen LogP contribution in [0, 0.1) is 6.92 Å². The van der Waals surface area contributed by atoms with Crippen molar-refractivity contribution in [2.24, 2.45) is 0 Å². The van der Waals surface area contributed by atoms with E-state index in [0.29, 0.717) is 0 Å². The van der Waals surface area contributed by atoms with E-state index < -0.39 is 0 Å². The second kappa shape index (κ2) is 10.8. The van der Waals surface area contributed by atoms with E-state index in [0.717, 1.165) is 13.1 Å². The average molecular weight is 498 g/mol. The molecule has 0 amide bonds. The van der Waals surface area contributed by atoms with Crippen LogP contribution < -0.4 is 21.5 Å². The molecule has 1 aliphatic rings. The Bertz CT molecular complexity index is 1050. The highest BCUT2D eigenvalue weighted by Crippen LogP contribution is 2.35. The summed E-state index contributed by atoms with van der Waals surface area (Å²) in [5.74, 6) is 0. The van der Waals surface area contributed by atoms with Gasteiger partial charge in [-0.1, -0.05) is 89.8 Å². The molecule has 0 N–H and O–H groups in total. The quantitative estimate of drug-likeness (QED) is 0.483. The topological polar surface area (TPSA) is 7.12 Å².